The van der Waals surface area contributed by atoms with Crippen LogP contribution >= 0.6 is 34.8 Å². The number of aromatic nitrogens is 2. The van der Waals surface area contributed by atoms with E-state index in [-0.39, 0.29) is 16.2 Å². The van der Waals surface area contributed by atoms with Crippen molar-refractivity contribution in [3.63, 3.8) is 0 Å². The number of hydrogen-bond donors (Lipinski definition) is 0. The summed E-state index contributed by atoms with van der Waals surface area (Å²) in [7, 11) is 0. The SMILES string of the molecule is O=C(Cl)Oc1nc(Cl)ncc1Cl. The molecule has 1 aromatic rings. The molecular formula is C5HCl3N2O2. The van der Waals surface area contributed by atoms with Gasteiger partial charge in [-0.1, -0.05) is 11.6 Å². The number of ether oxygens (including phenoxy) is 1. The van der Waals surface area contributed by atoms with Crippen molar-refractivity contribution in [2.75, 3.05) is 0 Å². The molecule has 0 fully saturated rings. The highest BCUT2D eigenvalue weighted by molar-refractivity contribution is 6.61. The van der Waals surface area contributed by atoms with Gasteiger partial charge in [-0.2, -0.15) is 4.98 Å². The van der Waals surface area contributed by atoms with Crippen LogP contribution in [0.5, 0.6) is 5.88 Å². The maximum atomic E-state index is 10.3. The minimum absolute atomic E-state index is 0.0633. The summed E-state index contributed by atoms with van der Waals surface area (Å²) in [6, 6.07) is 0. The fourth-order valence-corrected chi connectivity index (χ4v) is 0.807. The molecule has 0 N–H and O–H groups in total. The Bertz CT molecular complexity index is 318. The van der Waals surface area contributed by atoms with Gasteiger partial charge in [0.1, 0.15) is 5.02 Å². The van der Waals surface area contributed by atoms with Crippen molar-refractivity contribution in [3.05, 3.63) is 16.5 Å². The summed E-state index contributed by atoms with van der Waals surface area (Å²) >= 11 is 15.8. The molecular weight excluding hydrogens is 226 g/mol. The molecule has 0 spiro atoms. The van der Waals surface area contributed by atoms with Crippen molar-refractivity contribution in [2.24, 2.45) is 0 Å². The van der Waals surface area contributed by atoms with E-state index >= 15 is 0 Å². The van der Waals surface area contributed by atoms with Crippen LogP contribution in [0.1, 0.15) is 0 Å². The zero-order chi connectivity index (χ0) is 9.14. The van der Waals surface area contributed by atoms with Gasteiger partial charge in [-0.05, 0) is 11.6 Å². The Kier molecular flexibility index (Phi) is 3.08. The number of nitrogens with zero attached hydrogens (tertiary/aromatic N) is 2. The summed E-state index contributed by atoms with van der Waals surface area (Å²) in [6.45, 7) is 0. The molecule has 0 aliphatic rings. The van der Waals surface area contributed by atoms with Crippen molar-refractivity contribution >= 4 is 40.2 Å². The van der Waals surface area contributed by atoms with E-state index in [1.54, 1.807) is 0 Å². The van der Waals surface area contributed by atoms with E-state index in [1.807, 2.05) is 0 Å². The Labute approximate surface area is 82.4 Å². The van der Waals surface area contributed by atoms with Gasteiger partial charge in [0.05, 0.1) is 6.20 Å². The lowest BCUT2D eigenvalue weighted by molar-refractivity contribution is 0.224. The third kappa shape index (κ3) is 2.48. The topological polar surface area (TPSA) is 52.1 Å². The van der Waals surface area contributed by atoms with Crippen molar-refractivity contribution in [1.82, 2.24) is 9.97 Å². The Morgan fingerprint density at radius 3 is 2.75 bits per heavy atom. The highest BCUT2D eigenvalue weighted by atomic mass is 35.5. The molecule has 0 amide bonds. The van der Waals surface area contributed by atoms with Gasteiger partial charge in [0.25, 0.3) is 0 Å². The maximum Gasteiger partial charge on any atom is 0.410 e. The zero-order valence-corrected chi connectivity index (χ0v) is 7.69. The predicted octanol–water partition coefficient (Wildman–Crippen LogP) is 2.52. The van der Waals surface area contributed by atoms with E-state index in [2.05, 4.69) is 14.7 Å². The lowest BCUT2D eigenvalue weighted by atomic mass is 10.6. The second-order valence-corrected chi connectivity index (χ2v) is 2.69. The molecule has 0 atom stereocenters. The van der Waals surface area contributed by atoms with Gasteiger partial charge in [0, 0.05) is 11.6 Å². The van der Waals surface area contributed by atoms with Gasteiger partial charge in [0.2, 0.25) is 11.2 Å². The predicted molar refractivity (Wildman–Crippen MR) is 43.9 cm³/mol. The molecule has 12 heavy (non-hydrogen) atoms. The van der Waals surface area contributed by atoms with E-state index < -0.39 is 5.43 Å². The molecule has 0 aliphatic carbocycles. The normalized spacial score (nSPS) is 9.58. The minimum atomic E-state index is -1.04. The van der Waals surface area contributed by atoms with Gasteiger partial charge in [-0.3, -0.25) is 0 Å². The first-order valence-electron chi connectivity index (χ1n) is 2.65. The maximum absolute atomic E-state index is 10.3. The molecule has 0 saturated heterocycles. The van der Waals surface area contributed by atoms with Crippen molar-refractivity contribution in [1.29, 1.82) is 0 Å². The lowest BCUT2D eigenvalue weighted by Crippen LogP contribution is -1.99. The first-order chi connectivity index (χ1) is 5.59. The smallest absolute Gasteiger partial charge is 0.394 e. The number of rotatable bonds is 1. The third-order valence-electron chi connectivity index (χ3n) is 0.859. The molecule has 0 radical (unpaired) electrons. The molecule has 0 saturated carbocycles. The van der Waals surface area contributed by atoms with Crippen LogP contribution in [-0.2, 0) is 0 Å². The average Bonchev–Trinajstić information content (AvgIpc) is 1.96. The van der Waals surface area contributed by atoms with Gasteiger partial charge in [-0.15, -0.1) is 0 Å². The van der Waals surface area contributed by atoms with Crippen LogP contribution < -0.4 is 4.74 Å². The van der Waals surface area contributed by atoms with Gasteiger partial charge in [-0.25, -0.2) is 9.78 Å². The zero-order valence-electron chi connectivity index (χ0n) is 5.42. The number of carbonyl (C=O) groups is 1. The molecule has 0 bridgehead atoms. The van der Waals surface area contributed by atoms with Crippen LogP contribution in [0.3, 0.4) is 0 Å². The number of halogens is 3. The van der Waals surface area contributed by atoms with E-state index in [9.17, 15) is 4.79 Å². The fraction of sp³-hybridized carbons (Fsp3) is 0. The van der Waals surface area contributed by atoms with E-state index in [0.717, 1.165) is 0 Å². The van der Waals surface area contributed by atoms with E-state index in [1.165, 1.54) is 6.20 Å². The van der Waals surface area contributed by atoms with Crippen LogP contribution in [0.25, 0.3) is 0 Å². The van der Waals surface area contributed by atoms with Crippen molar-refractivity contribution in [3.8, 4) is 5.88 Å². The summed E-state index contributed by atoms with van der Waals surface area (Å²) in [5, 5.41) is -0.0132. The molecule has 1 heterocycles. The first kappa shape index (κ1) is 9.51. The fourth-order valence-electron chi connectivity index (χ4n) is 0.479. The minimum Gasteiger partial charge on any atom is -0.394 e. The largest absolute Gasteiger partial charge is 0.410 e. The molecule has 0 aromatic carbocycles. The van der Waals surface area contributed by atoms with Gasteiger partial charge >= 0.3 is 5.43 Å². The molecule has 1 aromatic heterocycles. The quantitative estimate of drug-likeness (QED) is 0.546. The summed E-state index contributed by atoms with van der Waals surface area (Å²) in [6.07, 6.45) is 1.20. The monoisotopic (exact) mass is 226 g/mol. The highest BCUT2D eigenvalue weighted by Gasteiger charge is 2.08. The number of hydrogen-bond acceptors (Lipinski definition) is 4. The summed E-state index contributed by atoms with van der Waals surface area (Å²) in [5.74, 6) is -0.156. The third-order valence-corrected chi connectivity index (χ3v) is 1.38. The standard InChI is InChI=1S/C5HCl3N2O2/c6-2-1-9-4(7)10-3(2)12-5(8)11/h1H. The molecule has 0 aliphatic heterocycles. The van der Waals surface area contributed by atoms with Gasteiger partial charge in [0.15, 0.2) is 0 Å². The summed E-state index contributed by atoms with van der Waals surface area (Å²) in [5.41, 5.74) is -1.04. The first-order valence-corrected chi connectivity index (χ1v) is 3.78. The van der Waals surface area contributed by atoms with Crippen LogP contribution in [0.4, 0.5) is 4.79 Å². The van der Waals surface area contributed by atoms with Gasteiger partial charge < -0.3 is 4.74 Å². The van der Waals surface area contributed by atoms with Crippen LogP contribution in [0, 0.1) is 0 Å². The Balaban J connectivity index is 2.97. The molecule has 4 nitrogen and oxygen atoms in total. The Hall–Kier alpha value is -0.580. The van der Waals surface area contributed by atoms with Crippen molar-refractivity contribution in [2.45, 2.75) is 0 Å². The van der Waals surface area contributed by atoms with E-state index in [4.69, 9.17) is 34.8 Å². The van der Waals surface area contributed by atoms with E-state index in [0.29, 0.717) is 0 Å². The number of carbonyl (C=O) groups excluding carboxylic acids is 1. The molecule has 1 rings (SSSR count). The average molecular weight is 227 g/mol. The second kappa shape index (κ2) is 3.89. The Morgan fingerprint density at radius 2 is 2.17 bits per heavy atom. The molecule has 64 valence electrons. The molecule has 7 heteroatoms. The Morgan fingerprint density at radius 1 is 1.50 bits per heavy atom. The van der Waals surface area contributed by atoms with Crippen molar-refractivity contribution < 1.29 is 9.53 Å². The van der Waals surface area contributed by atoms with Crippen LogP contribution in [-0.4, -0.2) is 15.4 Å². The molecule has 0 unspecified atom stereocenters. The van der Waals surface area contributed by atoms with Crippen LogP contribution in [0.15, 0.2) is 6.20 Å². The second-order valence-electron chi connectivity index (χ2n) is 1.63. The summed E-state index contributed by atoms with van der Waals surface area (Å²) in [4.78, 5) is 17.3. The highest BCUT2D eigenvalue weighted by Crippen LogP contribution is 2.22. The summed E-state index contributed by atoms with van der Waals surface area (Å²) < 4.78 is 4.38. The lowest BCUT2D eigenvalue weighted by Gasteiger charge is -1.99. The van der Waals surface area contributed by atoms with Crippen LogP contribution in [0.2, 0.25) is 10.3 Å².